The molecule has 8 heteroatoms. The normalized spacial score (nSPS) is 31.0. The second kappa shape index (κ2) is 9.68. The predicted molar refractivity (Wildman–Crippen MR) is 112 cm³/mol. The fourth-order valence-electron chi connectivity index (χ4n) is 3.50. The van der Waals surface area contributed by atoms with Crippen LogP contribution in [0.4, 0.5) is 0 Å². The van der Waals surface area contributed by atoms with E-state index in [1.807, 2.05) is 61.5 Å². The molecule has 2 aliphatic heterocycles. The summed E-state index contributed by atoms with van der Waals surface area (Å²) in [6.45, 7) is 2.26. The van der Waals surface area contributed by atoms with Crippen LogP contribution in [-0.2, 0) is 23.7 Å². The molecule has 4 rings (SSSR count). The average molecular weight is 451 g/mol. The minimum absolute atomic E-state index is 0.252. The number of aryl methyl sites for hydroxylation is 1. The number of halogens is 1. The second-order valence-electron chi connectivity index (χ2n) is 7.23. The summed E-state index contributed by atoms with van der Waals surface area (Å²) in [6.07, 6.45) is -3.84. The maximum Gasteiger partial charge on any atom is 0.321 e. The van der Waals surface area contributed by atoms with Crippen molar-refractivity contribution in [2.75, 3.05) is 12.5 Å². The highest BCUT2D eigenvalue weighted by molar-refractivity contribution is 7.99. The number of carbonyl (C=O) groups excluding carboxylic acids is 1. The lowest BCUT2D eigenvalue weighted by atomic mass is 9.98. The molecule has 1 N–H and O–H groups in total. The molecule has 30 heavy (non-hydrogen) atoms. The van der Waals surface area contributed by atoms with Gasteiger partial charge in [-0.05, 0) is 19.1 Å². The lowest BCUT2D eigenvalue weighted by molar-refractivity contribution is -0.319. The number of thioether (sulfide) groups is 1. The monoisotopic (exact) mass is 450 g/mol. The van der Waals surface area contributed by atoms with Gasteiger partial charge in [0.25, 0.3) is 0 Å². The number of ether oxygens (including phenoxy) is 4. The lowest BCUT2D eigenvalue weighted by Crippen LogP contribution is -2.62. The van der Waals surface area contributed by atoms with Gasteiger partial charge in [-0.1, -0.05) is 59.8 Å². The molecule has 1 unspecified atom stereocenters. The van der Waals surface area contributed by atoms with Crippen molar-refractivity contribution in [2.24, 2.45) is 0 Å². The second-order valence-corrected chi connectivity index (χ2v) is 8.67. The Labute approximate surface area is 184 Å². The number of hydrogen-bond donors (Lipinski definition) is 1. The topological polar surface area (TPSA) is 74.2 Å². The van der Waals surface area contributed by atoms with Crippen molar-refractivity contribution >= 4 is 29.3 Å². The van der Waals surface area contributed by atoms with Gasteiger partial charge in [0.2, 0.25) is 0 Å². The zero-order valence-corrected chi connectivity index (χ0v) is 17.9. The minimum atomic E-state index is -1.09. The largest absolute Gasteiger partial charge is 0.455 e. The molecule has 0 radical (unpaired) electrons. The van der Waals surface area contributed by atoms with E-state index in [0.717, 1.165) is 16.0 Å². The molecular weight excluding hydrogens is 428 g/mol. The van der Waals surface area contributed by atoms with E-state index in [0.29, 0.717) is 0 Å². The average Bonchev–Trinajstić information content (AvgIpc) is 2.78. The molecule has 2 heterocycles. The van der Waals surface area contributed by atoms with Gasteiger partial charge in [0.1, 0.15) is 29.6 Å². The van der Waals surface area contributed by atoms with Crippen LogP contribution < -0.4 is 0 Å². The molecule has 6 atom stereocenters. The predicted octanol–water partition coefficient (Wildman–Crippen LogP) is 3.44. The third-order valence-electron chi connectivity index (χ3n) is 5.03. The summed E-state index contributed by atoms with van der Waals surface area (Å²) in [4.78, 5) is 12.9. The van der Waals surface area contributed by atoms with Gasteiger partial charge < -0.3 is 24.1 Å². The summed E-state index contributed by atoms with van der Waals surface area (Å²) < 4.78 is 23.5. The van der Waals surface area contributed by atoms with Gasteiger partial charge in [0.15, 0.2) is 12.4 Å². The Morgan fingerprint density at radius 3 is 2.60 bits per heavy atom. The smallest absolute Gasteiger partial charge is 0.321 e. The minimum Gasteiger partial charge on any atom is -0.455 e. The Kier molecular flexibility index (Phi) is 6.98. The molecule has 0 aliphatic carbocycles. The highest BCUT2D eigenvalue weighted by Gasteiger charge is 2.51. The van der Waals surface area contributed by atoms with Crippen molar-refractivity contribution in [2.45, 2.75) is 48.0 Å². The number of hydrogen-bond acceptors (Lipinski definition) is 7. The Bertz CT molecular complexity index is 848. The van der Waals surface area contributed by atoms with Crippen LogP contribution in [0.2, 0.25) is 0 Å². The van der Waals surface area contributed by atoms with Gasteiger partial charge in [-0.25, -0.2) is 0 Å². The number of alkyl halides is 1. The first kappa shape index (κ1) is 21.6. The van der Waals surface area contributed by atoms with E-state index < -0.39 is 42.1 Å². The molecule has 0 bridgehead atoms. The fourth-order valence-corrected chi connectivity index (χ4v) is 4.67. The van der Waals surface area contributed by atoms with Crippen molar-refractivity contribution in [1.82, 2.24) is 0 Å². The standard InChI is InChI=1S/C22H23ClO6S/c1-13-7-9-15(10-8-13)30-22-20(28-17(24)11-23)18(25)19-16(27-22)12-26-21(29-19)14-5-3-2-4-6-14/h2-10,16,18-22,25H,11-12H2,1H3/t16-,18+,19+,20-,21?,22+/m1/s1. The van der Waals surface area contributed by atoms with Crippen molar-refractivity contribution in [1.29, 1.82) is 0 Å². The van der Waals surface area contributed by atoms with E-state index in [2.05, 4.69) is 0 Å². The summed E-state index contributed by atoms with van der Waals surface area (Å²) in [5, 5.41) is 11.1. The molecule has 2 saturated heterocycles. The molecule has 6 nitrogen and oxygen atoms in total. The number of carbonyl (C=O) groups is 1. The van der Waals surface area contributed by atoms with E-state index in [1.165, 1.54) is 11.8 Å². The van der Waals surface area contributed by atoms with Crippen molar-refractivity contribution in [3.63, 3.8) is 0 Å². The zero-order chi connectivity index (χ0) is 21.1. The highest BCUT2D eigenvalue weighted by atomic mass is 35.5. The Balaban J connectivity index is 1.53. The molecule has 160 valence electrons. The first-order chi connectivity index (χ1) is 14.5. The van der Waals surface area contributed by atoms with Crippen molar-refractivity contribution in [3.8, 4) is 0 Å². The van der Waals surface area contributed by atoms with Crippen LogP contribution in [0.3, 0.4) is 0 Å². The quantitative estimate of drug-likeness (QED) is 0.552. The van der Waals surface area contributed by atoms with Gasteiger partial charge in [-0.15, -0.1) is 11.6 Å². The van der Waals surface area contributed by atoms with Gasteiger partial charge in [-0.3, -0.25) is 4.79 Å². The summed E-state index contributed by atoms with van der Waals surface area (Å²) in [7, 11) is 0. The SMILES string of the molecule is Cc1ccc(S[C@@H]2O[C@@H]3COC(c4ccccc4)O[C@@H]3[C@H](O)[C@H]2OC(=O)CCl)cc1. The molecule has 0 saturated carbocycles. The van der Waals surface area contributed by atoms with E-state index in [9.17, 15) is 9.90 Å². The van der Waals surface area contributed by atoms with Crippen LogP contribution in [0.5, 0.6) is 0 Å². The van der Waals surface area contributed by atoms with Crippen LogP contribution in [-0.4, -0.2) is 53.4 Å². The van der Waals surface area contributed by atoms with Crippen LogP contribution >= 0.6 is 23.4 Å². The molecule has 2 aromatic carbocycles. The van der Waals surface area contributed by atoms with E-state index in [1.54, 1.807) is 0 Å². The maximum atomic E-state index is 11.9. The van der Waals surface area contributed by atoms with Crippen molar-refractivity contribution in [3.05, 3.63) is 65.7 Å². The molecule has 0 aromatic heterocycles. The highest BCUT2D eigenvalue weighted by Crippen LogP contribution is 2.40. The van der Waals surface area contributed by atoms with Crippen LogP contribution in [0.1, 0.15) is 17.4 Å². The van der Waals surface area contributed by atoms with Gasteiger partial charge >= 0.3 is 5.97 Å². The van der Waals surface area contributed by atoms with Gasteiger partial charge in [0.05, 0.1) is 6.61 Å². The molecule has 2 aliphatic rings. The Hall–Kier alpha value is -1.61. The zero-order valence-electron chi connectivity index (χ0n) is 16.3. The van der Waals surface area contributed by atoms with Crippen LogP contribution in [0.15, 0.2) is 59.5 Å². The molecular formula is C22H23ClO6S. The Morgan fingerprint density at radius 1 is 1.17 bits per heavy atom. The lowest BCUT2D eigenvalue weighted by Gasteiger charge is -2.47. The van der Waals surface area contributed by atoms with E-state index in [-0.39, 0.29) is 12.5 Å². The fraction of sp³-hybridized carbons (Fsp3) is 0.409. The van der Waals surface area contributed by atoms with Crippen LogP contribution in [0, 0.1) is 6.92 Å². The number of esters is 1. The van der Waals surface area contributed by atoms with Gasteiger partial charge in [-0.2, -0.15) is 0 Å². The van der Waals surface area contributed by atoms with Gasteiger partial charge in [0, 0.05) is 10.5 Å². The number of fused-ring (bicyclic) bond motifs is 1. The van der Waals surface area contributed by atoms with E-state index in [4.69, 9.17) is 30.5 Å². The molecule has 2 fully saturated rings. The van der Waals surface area contributed by atoms with Crippen LogP contribution in [0.25, 0.3) is 0 Å². The summed E-state index contributed by atoms with van der Waals surface area (Å²) >= 11 is 7.01. The first-order valence-corrected chi connectivity index (χ1v) is 11.1. The summed E-state index contributed by atoms with van der Waals surface area (Å²) in [5.74, 6) is -0.931. The number of aliphatic hydroxyl groups excluding tert-OH is 1. The third-order valence-corrected chi connectivity index (χ3v) is 6.41. The molecule has 2 aromatic rings. The number of aliphatic hydroxyl groups is 1. The number of benzene rings is 2. The van der Waals surface area contributed by atoms with Crippen molar-refractivity contribution < 1.29 is 28.8 Å². The third kappa shape index (κ3) is 4.82. The first-order valence-electron chi connectivity index (χ1n) is 9.69. The maximum absolute atomic E-state index is 11.9. The summed E-state index contributed by atoms with van der Waals surface area (Å²) in [5.41, 5.74) is 1.35. The Morgan fingerprint density at radius 2 is 1.90 bits per heavy atom. The number of rotatable bonds is 5. The molecule has 0 amide bonds. The van der Waals surface area contributed by atoms with E-state index >= 15 is 0 Å². The summed E-state index contributed by atoms with van der Waals surface area (Å²) in [6, 6.07) is 17.4. The molecule has 0 spiro atoms.